The van der Waals surface area contributed by atoms with Crippen LogP contribution in [-0.2, 0) is 0 Å². The van der Waals surface area contributed by atoms with E-state index in [0.717, 1.165) is 0 Å². The van der Waals surface area contributed by atoms with Crippen molar-refractivity contribution < 1.29 is 29.6 Å². The number of methoxy groups -OCH3 is 2. The van der Waals surface area contributed by atoms with E-state index >= 15 is 0 Å². The second-order valence-electron chi connectivity index (χ2n) is 4.21. The molecule has 2 rings (SSSR count). The molecule has 0 radical (unpaired) electrons. The molecule has 110 valence electrons. The standard InChI is InChI=1S/C15H14O6/c1-20-11-7-9(15(18)19)12(14(21-2)13(11)17)8-5-3-4-6-10(8)16/h3-7,16-17H,1-2H3,(H,18,19). The molecule has 0 fully saturated rings. The second kappa shape index (κ2) is 5.62. The van der Waals surface area contributed by atoms with Gasteiger partial charge in [0.25, 0.3) is 0 Å². The highest BCUT2D eigenvalue weighted by atomic mass is 16.5. The molecule has 0 aliphatic carbocycles. The summed E-state index contributed by atoms with van der Waals surface area (Å²) in [7, 11) is 2.60. The number of carbonyl (C=O) groups is 1. The van der Waals surface area contributed by atoms with Crippen molar-refractivity contribution in [3.8, 4) is 34.1 Å². The minimum atomic E-state index is -1.23. The van der Waals surface area contributed by atoms with Gasteiger partial charge < -0.3 is 24.8 Å². The Morgan fingerprint density at radius 1 is 1.10 bits per heavy atom. The van der Waals surface area contributed by atoms with Crippen LogP contribution in [0.15, 0.2) is 30.3 Å². The topological polar surface area (TPSA) is 96.2 Å². The maximum atomic E-state index is 11.5. The zero-order valence-corrected chi connectivity index (χ0v) is 11.5. The van der Waals surface area contributed by atoms with Crippen molar-refractivity contribution in [3.05, 3.63) is 35.9 Å². The van der Waals surface area contributed by atoms with Gasteiger partial charge in [-0.2, -0.15) is 0 Å². The number of phenols is 2. The minimum Gasteiger partial charge on any atom is -0.507 e. The first-order valence-electron chi connectivity index (χ1n) is 6.00. The Morgan fingerprint density at radius 2 is 1.76 bits per heavy atom. The van der Waals surface area contributed by atoms with Crippen molar-refractivity contribution in [2.45, 2.75) is 0 Å². The van der Waals surface area contributed by atoms with Crippen LogP contribution in [0.5, 0.6) is 23.0 Å². The number of hydrogen-bond donors (Lipinski definition) is 3. The summed E-state index contributed by atoms with van der Waals surface area (Å²) in [5.41, 5.74) is 0.175. The Kier molecular flexibility index (Phi) is 3.89. The molecule has 0 amide bonds. The molecule has 0 atom stereocenters. The molecule has 3 N–H and O–H groups in total. The third-order valence-electron chi connectivity index (χ3n) is 3.05. The third-order valence-corrected chi connectivity index (χ3v) is 3.05. The molecule has 0 saturated carbocycles. The van der Waals surface area contributed by atoms with E-state index in [4.69, 9.17) is 9.47 Å². The molecule has 0 spiro atoms. The van der Waals surface area contributed by atoms with Crippen molar-refractivity contribution in [2.75, 3.05) is 14.2 Å². The van der Waals surface area contributed by atoms with Crippen LogP contribution in [0.1, 0.15) is 10.4 Å². The number of hydrogen-bond acceptors (Lipinski definition) is 5. The van der Waals surface area contributed by atoms with Gasteiger partial charge in [0.2, 0.25) is 5.75 Å². The fraction of sp³-hybridized carbons (Fsp3) is 0.133. The quantitative estimate of drug-likeness (QED) is 0.800. The van der Waals surface area contributed by atoms with Crippen molar-refractivity contribution in [1.29, 1.82) is 0 Å². The number of phenolic OH excluding ortho intramolecular Hbond substituents is 2. The van der Waals surface area contributed by atoms with Crippen LogP contribution in [-0.4, -0.2) is 35.5 Å². The smallest absolute Gasteiger partial charge is 0.336 e. The van der Waals surface area contributed by atoms with Gasteiger partial charge in [-0.3, -0.25) is 0 Å². The predicted molar refractivity (Wildman–Crippen MR) is 75.3 cm³/mol. The summed E-state index contributed by atoms with van der Waals surface area (Å²) < 4.78 is 10.1. The van der Waals surface area contributed by atoms with Crippen LogP contribution in [0.2, 0.25) is 0 Å². The average Bonchev–Trinajstić information content (AvgIpc) is 2.47. The molecule has 2 aromatic carbocycles. The zero-order valence-electron chi connectivity index (χ0n) is 11.5. The molecule has 0 saturated heterocycles. The molecule has 6 nitrogen and oxygen atoms in total. The Labute approximate surface area is 120 Å². The van der Waals surface area contributed by atoms with Gasteiger partial charge in [0.15, 0.2) is 11.5 Å². The Hall–Kier alpha value is -2.89. The molecule has 0 unspecified atom stereocenters. The first-order chi connectivity index (χ1) is 10.0. The van der Waals surface area contributed by atoms with E-state index in [0.29, 0.717) is 0 Å². The number of aromatic carboxylic acids is 1. The molecule has 6 heteroatoms. The van der Waals surface area contributed by atoms with E-state index in [1.165, 1.54) is 32.4 Å². The van der Waals surface area contributed by atoms with Crippen LogP contribution in [0.4, 0.5) is 0 Å². The highest BCUT2D eigenvalue weighted by Gasteiger charge is 2.25. The Bertz CT molecular complexity index is 693. The molecule has 21 heavy (non-hydrogen) atoms. The van der Waals surface area contributed by atoms with Crippen LogP contribution in [0.25, 0.3) is 11.1 Å². The van der Waals surface area contributed by atoms with E-state index in [2.05, 4.69) is 0 Å². The molecule has 2 aromatic rings. The van der Waals surface area contributed by atoms with E-state index in [-0.39, 0.29) is 39.7 Å². The lowest BCUT2D eigenvalue weighted by Gasteiger charge is -2.16. The average molecular weight is 290 g/mol. The number of rotatable bonds is 4. The van der Waals surface area contributed by atoms with Gasteiger partial charge in [-0.1, -0.05) is 18.2 Å². The normalized spacial score (nSPS) is 10.2. The molecule has 0 bridgehead atoms. The number of aromatic hydroxyl groups is 2. The van der Waals surface area contributed by atoms with Crippen LogP contribution in [0, 0.1) is 0 Å². The van der Waals surface area contributed by atoms with Gasteiger partial charge in [-0.15, -0.1) is 0 Å². The molecular weight excluding hydrogens is 276 g/mol. The van der Waals surface area contributed by atoms with E-state index in [1.807, 2.05) is 0 Å². The maximum absolute atomic E-state index is 11.5. The fourth-order valence-corrected chi connectivity index (χ4v) is 2.10. The number of ether oxygens (including phenoxy) is 2. The molecule has 0 heterocycles. The summed E-state index contributed by atoms with van der Waals surface area (Å²) in [6, 6.07) is 7.38. The number of benzene rings is 2. The van der Waals surface area contributed by atoms with Crippen LogP contribution in [0.3, 0.4) is 0 Å². The highest BCUT2D eigenvalue weighted by Crippen LogP contribution is 2.47. The predicted octanol–water partition coefficient (Wildman–Crippen LogP) is 2.48. The summed E-state index contributed by atoms with van der Waals surface area (Å²) in [6.45, 7) is 0. The number of carboxylic acid groups (broad SMARTS) is 1. The van der Waals surface area contributed by atoms with E-state index in [9.17, 15) is 20.1 Å². The van der Waals surface area contributed by atoms with Crippen molar-refractivity contribution in [1.82, 2.24) is 0 Å². The van der Waals surface area contributed by atoms with Gasteiger partial charge in [-0.25, -0.2) is 4.79 Å². The van der Waals surface area contributed by atoms with Gasteiger partial charge in [0.05, 0.1) is 19.8 Å². The lowest BCUT2D eigenvalue weighted by atomic mass is 9.96. The van der Waals surface area contributed by atoms with Crippen molar-refractivity contribution in [3.63, 3.8) is 0 Å². The van der Waals surface area contributed by atoms with Crippen LogP contribution >= 0.6 is 0 Å². The summed E-state index contributed by atoms with van der Waals surface area (Å²) in [5.74, 6) is -1.78. The van der Waals surface area contributed by atoms with Gasteiger partial charge in [0, 0.05) is 11.1 Å². The SMILES string of the molecule is COc1cc(C(=O)O)c(-c2ccccc2O)c(OC)c1O. The number of carboxylic acids is 1. The summed E-state index contributed by atoms with van der Waals surface area (Å²) in [4.78, 5) is 11.5. The molecular formula is C15H14O6. The van der Waals surface area contributed by atoms with Gasteiger partial charge in [-0.05, 0) is 12.1 Å². The largest absolute Gasteiger partial charge is 0.507 e. The van der Waals surface area contributed by atoms with E-state index < -0.39 is 5.97 Å². The number of para-hydroxylation sites is 1. The molecule has 0 aromatic heterocycles. The summed E-state index contributed by atoms with van der Waals surface area (Å²) in [6.07, 6.45) is 0. The van der Waals surface area contributed by atoms with Gasteiger partial charge in [0.1, 0.15) is 5.75 Å². The third kappa shape index (κ3) is 2.43. The highest BCUT2D eigenvalue weighted by molar-refractivity contribution is 6.00. The zero-order chi connectivity index (χ0) is 15.6. The lowest BCUT2D eigenvalue weighted by Crippen LogP contribution is -2.03. The minimum absolute atomic E-state index is 0.0246. The Balaban J connectivity index is 2.89. The summed E-state index contributed by atoms with van der Waals surface area (Å²) in [5, 5.41) is 29.4. The molecule has 0 aliphatic rings. The fourth-order valence-electron chi connectivity index (χ4n) is 2.10. The van der Waals surface area contributed by atoms with Gasteiger partial charge >= 0.3 is 5.97 Å². The first kappa shape index (κ1) is 14.5. The molecule has 0 aliphatic heterocycles. The van der Waals surface area contributed by atoms with E-state index in [1.54, 1.807) is 12.1 Å². The summed E-state index contributed by atoms with van der Waals surface area (Å²) >= 11 is 0. The monoisotopic (exact) mass is 290 g/mol. The first-order valence-corrected chi connectivity index (χ1v) is 6.00. The van der Waals surface area contributed by atoms with Crippen molar-refractivity contribution in [2.24, 2.45) is 0 Å². The van der Waals surface area contributed by atoms with Crippen LogP contribution < -0.4 is 9.47 Å². The maximum Gasteiger partial charge on any atom is 0.336 e. The second-order valence-corrected chi connectivity index (χ2v) is 4.21. The Morgan fingerprint density at radius 3 is 2.29 bits per heavy atom. The lowest BCUT2D eigenvalue weighted by molar-refractivity contribution is 0.0697. The van der Waals surface area contributed by atoms with Crippen molar-refractivity contribution >= 4 is 5.97 Å².